The highest BCUT2D eigenvalue weighted by atomic mass is 16.4. The van der Waals surface area contributed by atoms with Crippen LogP contribution in [0.4, 0.5) is 0 Å². The molecule has 0 saturated carbocycles. The third-order valence-electron chi connectivity index (χ3n) is 6.03. The van der Waals surface area contributed by atoms with Crippen LogP contribution < -0.4 is 5.73 Å². The maximum absolute atomic E-state index is 5.59. The van der Waals surface area contributed by atoms with E-state index < -0.39 is 0 Å². The highest BCUT2D eigenvalue weighted by Gasteiger charge is 2.22. The third-order valence-corrected chi connectivity index (χ3v) is 6.03. The van der Waals surface area contributed by atoms with E-state index in [1.54, 1.807) is 21.3 Å². The lowest BCUT2D eigenvalue weighted by Crippen LogP contribution is -2.50. The lowest BCUT2D eigenvalue weighted by atomic mass is 10.1. The van der Waals surface area contributed by atoms with Gasteiger partial charge in [-0.05, 0) is 31.9 Å². The molecule has 5 heteroatoms. The predicted molar refractivity (Wildman–Crippen MR) is 163 cm³/mol. The van der Waals surface area contributed by atoms with Crippen molar-refractivity contribution in [1.82, 2.24) is 9.80 Å². The average Bonchev–Trinajstić information content (AvgIpc) is 2.89. The molecule has 208 valence electrons. The van der Waals surface area contributed by atoms with E-state index in [1.165, 1.54) is 41.6 Å². The topological polar surface area (TPSA) is 54.1 Å². The Morgan fingerprint density at radius 3 is 2.00 bits per heavy atom. The molecule has 2 aromatic rings. The van der Waals surface area contributed by atoms with Gasteiger partial charge in [0, 0.05) is 65.6 Å². The first-order valence-corrected chi connectivity index (χ1v) is 13.6. The van der Waals surface area contributed by atoms with Crippen molar-refractivity contribution in [3.63, 3.8) is 0 Å². The summed E-state index contributed by atoms with van der Waals surface area (Å²) in [4.78, 5) is 8.83. The van der Waals surface area contributed by atoms with Crippen molar-refractivity contribution >= 4 is 5.84 Å². The molecule has 0 spiro atoms. The molecule has 1 aliphatic rings. The van der Waals surface area contributed by atoms with Gasteiger partial charge in [0.25, 0.3) is 0 Å². The number of benzene rings is 2. The van der Waals surface area contributed by atoms with Crippen molar-refractivity contribution in [2.45, 2.75) is 72.9 Å². The van der Waals surface area contributed by atoms with Crippen molar-refractivity contribution in [2.75, 3.05) is 40.9 Å². The molecule has 5 nitrogen and oxygen atoms in total. The number of aryl methyl sites for hydroxylation is 1. The zero-order valence-electron chi connectivity index (χ0n) is 25.0. The fraction of sp³-hybridized carbons (Fsp3) is 0.531. The molecule has 2 aromatic carbocycles. The molecule has 0 amide bonds. The largest absolute Gasteiger partial charge is 0.388 e. The minimum Gasteiger partial charge on any atom is -0.388 e. The van der Waals surface area contributed by atoms with Crippen LogP contribution in [0.2, 0.25) is 0 Å². The van der Waals surface area contributed by atoms with Crippen molar-refractivity contribution in [1.29, 1.82) is 0 Å². The van der Waals surface area contributed by atoms with Gasteiger partial charge in [0.15, 0.2) is 0 Å². The van der Waals surface area contributed by atoms with Gasteiger partial charge in [-0.1, -0.05) is 99.8 Å². The van der Waals surface area contributed by atoms with E-state index in [2.05, 4.69) is 115 Å². The number of piperazine rings is 1. The fourth-order valence-corrected chi connectivity index (χ4v) is 3.74. The zero-order valence-corrected chi connectivity index (χ0v) is 25.0. The lowest BCUT2D eigenvalue weighted by molar-refractivity contribution is 0.0983. The Morgan fingerprint density at radius 1 is 1.00 bits per heavy atom. The van der Waals surface area contributed by atoms with E-state index in [0.717, 1.165) is 32.6 Å². The van der Waals surface area contributed by atoms with Gasteiger partial charge in [-0.15, -0.1) is 0 Å². The van der Waals surface area contributed by atoms with E-state index in [9.17, 15) is 0 Å². The molecule has 1 heterocycles. The second-order valence-electron chi connectivity index (χ2n) is 9.63. The zero-order chi connectivity index (χ0) is 28.1. The second kappa shape index (κ2) is 21.5. The summed E-state index contributed by atoms with van der Waals surface area (Å²) in [7, 11) is 4.96. The summed E-state index contributed by atoms with van der Waals surface area (Å²) < 4.78 is 4.25. The Kier molecular flexibility index (Phi) is 19.9. The summed E-state index contributed by atoms with van der Waals surface area (Å²) in [5, 5.41) is 0. The van der Waals surface area contributed by atoms with Crippen molar-refractivity contribution in [3.8, 4) is 0 Å². The van der Waals surface area contributed by atoms with Gasteiger partial charge in [0.1, 0.15) is 0 Å². The Hall–Kier alpha value is -2.63. The van der Waals surface area contributed by atoms with Gasteiger partial charge in [0.05, 0.1) is 5.84 Å². The van der Waals surface area contributed by atoms with Crippen LogP contribution in [0.5, 0.6) is 0 Å². The summed E-state index contributed by atoms with van der Waals surface area (Å²) in [5.41, 5.74) is 10.7. The Bertz CT molecular complexity index is 847. The summed E-state index contributed by atoms with van der Waals surface area (Å²) in [6.45, 7) is 19.3. The maximum Gasteiger partial charge on any atom is 0.0977 e. The normalized spacial score (nSPS) is 15.3. The molecule has 1 aliphatic heterocycles. The standard InChI is InChI=1S/C15H22N2.C10H14N2.C5H12.C2H6O/c1-13(2)16-9-10-17(14(3)11-16)12-15-7-5-4-6-8-15;1-8-3-5-9(6-4-8)7-10(11)12-2;1-3-5-4-2;1-3-2/h4-8,14H,1,9-12H2,2-3H3;3-6H,7H2,1-2H3,(H2,11,12);3-5H2,1-2H3;1-2H3. The number of nitrogens with zero attached hydrogens (tertiary/aromatic N) is 3. The highest BCUT2D eigenvalue weighted by Crippen LogP contribution is 2.16. The molecule has 1 fully saturated rings. The number of methoxy groups -OCH3 is 1. The van der Waals surface area contributed by atoms with Gasteiger partial charge < -0.3 is 15.4 Å². The van der Waals surface area contributed by atoms with E-state index in [1.807, 2.05) is 0 Å². The molecular formula is C32H54N4O. The van der Waals surface area contributed by atoms with Crippen LogP contribution in [0.25, 0.3) is 0 Å². The molecule has 0 radical (unpaired) electrons. The van der Waals surface area contributed by atoms with Crippen molar-refractivity contribution in [2.24, 2.45) is 10.7 Å². The summed E-state index contributed by atoms with van der Waals surface area (Å²) >= 11 is 0. The van der Waals surface area contributed by atoms with E-state index >= 15 is 0 Å². The number of unbranched alkanes of at least 4 members (excludes halogenated alkanes) is 2. The fourth-order valence-electron chi connectivity index (χ4n) is 3.74. The number of hydrogen-bond donors (Lipinski definition) is 1. The monoisotopic (exact) mass is 510 g/mol. The van der Waals surface area contributed by atoms with E-state index in [-0.39, 0.29) is 0 Å². The highest BCUT2D eigenvalue weighted by molar-refractivity contribution is 5.82. The van der Waals surface area contributed by atoms with Crippen LogP contribution >= 0.6 is 0 Å². The molecule has 1 unspecified atom stereocenters. The molecular weight excluding hydrogens is 456 g/mol. The summed E-state index contributed by atoms with van der Waals surface area (Å²) in [5.74, 6) is 0.679. The van der Waals surface area contributed by atoms with Gasteiger partial charge in [-0.25, -0.2) is 0 Å². The van der Waals surface area contributed by atoms with Crippen LogP contribution in [0.1, 0.15) is 63.6 Å². The van der Waals surface area contributed by atoms with Gasteiger partial charge in [0.2, 0.25) is 0 Å². The minimum atomic E-state index is 0.598. The van der Waals surface area contributed by atoms with Crippen LogP contribution in [-0.2, 0) is 17.7 Å². The van der Waals surface area contributed by atoms with Gasteiger partial charge >= 0.3 is 0 Å². The van der Waals surface area contributed by atoms with Crippen LogP contribution in [0.3, 0.4) is 0 Å². The van der Waals surface area contributed by atoms with Crippen molar-refractivity contribution in [3.05, 3.63) is 83.6 Å². The number of nitrogens with two attached hydrogens (primary N) is 1. The molecule has 1 atom stereocenters. The predicted octanol–water partition coefficient (Wildman–Crippen LogP) is 6.71. The first-order valence-electron chi connectivity index (χ1n) is 13.6. The molecule has 1 saturated heterocycles. The second-order valence-corrected chi connectivity index (χ2v) is 9.63. The summed E-state index contributed by atoms with van der Waals surface area (Å²) in [6.07, 6.45) is 4.82. The minimum absolute atomic E-state index is 0.598. The molecule has 0 aromatic heterocycles. The van der Waals surface area contributed by atoms with Crippen molar-refractivity contribution < 1.29 is 4.74 Å². The first-order chi connectivity index (χ1) is 17.7. The number of amidine groups is 1. The molecule has 0 bridgehead atoms. The quantitative estimate of drug-likeness (QED) is 0.332. The van der Waals surface area contributed by atoms with Gasteiger partial charge in [-0.3, -0.25) is 9.89 Å². The van der Waals surface area contributed by atoms with Crippen LogP contribution in [0.15, 0.2) is 71.9 Å². The third kappa shape index (κ3) is 16.7. The van der Waals surface area contributed by atoms with E-state index in [0.29, 0.717) is 11.9 Å². The molecule has 0 aliphatic carbocycles. The first kappa shape index (κ1) is 34.4. The molecule has 3 rings (SSSR count). The lowest BCUT2D eigenvalue weighted by Gasteiger charge is -2.41. The number of aliphatic imine (C=N–C) groups is 1. The number of hydrogen-bond acceptors (Lipinski definition) is 4. The Labute approximate surface area is 228 Å². The number of rotatable bonds is 7. The maximum atomic E-state index is 5.59. The Morgan fingerprint density at radius 2 is 1.57 bits per heavy atom. The molecule has 2 N–H and O–H groups in total. The SMILES string of the molecule is C=C(C)N1CCN(Cc2ccccc2)C(C)C1.CCCCC.CN=C(N)Cc1ccc(C)cc1.COC. The number of allylic oxidation sites excluding steroid dienone is 1. The van der Waals surface area contributed by atoms with E-state index in [4.69, 9.17) is 5.73 Å². The smallest absolute Gasteiger partial charge is 0.0977 e. The average molecular weight is 511 g/mol. The Balaban J connectivity index is 0.000000563. The van der Waals surface area contributed by atoms with Gasteiger partial charge in [-0.2, -0.15) is 0 Å². The summed E-state index contributed by atoms with van der Waals surface area (Å²) in [6, 6.07) is 19.6. The number of ether oxygens (including phenoxy) is 1. The van der Waals surface area contributed by atoms with Crippen LogP contribution in [-0.4, -0.2) is 62.6 Å². The molecule has 37 heavy (non-hydrogen) atoms. The van der Waals surface area contributed by atoms with Crippen LogP contribution in [0, 0.1) is 6.92 Å².